The third-order valence-electron chi connectivity index (χ3n) is 5.46. The summed E-state index contributed by atoms with van der Waals surface area (Å²) in [5.41, 5.74) is 1.04. The van der Waals surface area contributed by atoms with Gasteiger partial charge in [0.25, 0.3) is 0 Å². The van der Waals surface area contributed by atoms with E-state index < -0.39 is 0 Å². The molecule has 0 spiro atoms. The molecule has 1 aromatic rings. The lowest BCUT2D eigenvalue weighted by Crippen LogP contribution is -2.39. The molecule has 3 heteroatoms. The second-order valence-electron chi connectivity index (χ2n) is 6.93. The topological polar surface area (TPSA) is 26.7 Å². The van der Waals surface area contributed by atoms with Gasteiger partial charge in [-0.1, -0.05) is 37.3 Å². The quantitative estimate of drug-likeness (QED) is 0.922. The Labute approximate surface area is 128 Å². The summed E-state index contributed by atoms with van der Waals surface area (Å²) in [6.07, 6.45) is 3.63. The molecule has 2 aliphatic heterocycles. The molecule has 4 unspecified atom stereocenters. The summed E-state index contributed by atoms with van der Waals surface area (Å²) < 4.78 is 0. The highest BCUT2D eigenvalue weighted by atomic mass is 16.3. The van der Waals surface area contributed by atoms with Crippen molar-refractivity contribution in [3.63, 3.8) is 0 Å². The van der Waals surface area contributed by atoms with E-state index in [0.29, 0.717) is 0 Å². The summed E-state index contributed by atoms with van der Waals surface area (Å²) in [5, 5.41) is 10.5. The number of hydrogen-bond acceptors (Lipinski definition) is 3. The van der Waals surface area contributed by atoms with Gasteiger partial charge < -0.3 is 10.0 Å². The molecule has 116 valence electrons. The number of rotatable bonds is 4. The molecule has 2 fully saturated rings. The second-order valence-corrected chi connectivity index (χ2v) is 6.93. The predicted octanol–water partition coefficient (Wildman–Crippen LogP) is 2.52. The SMILES string of the molecule is CC(CN1CCC2CCC(C1)N2C)C(O)c1ccccc1. The molecule has 0 aromatic heterocycles. The monoisotopic (exact) mass is 288 g/mol. The van der Waals surface area contributed by atoms with Crippen molar-refractivity contribution in [3.8, 4) is 0 Å². The predicted molar refractivity (Wildman–Crippen MR) is 86.2 cm³/mol. The van der Waals surface area contributed by atoms with Crippen LogP contribution in [0.5, 0.6) is 0 Å². The molecule has 3 rings (SSSR count). The Balaban J connectivity index is 1.59. The summed E-state index contributed by atoms with van der Waals surface area (Å²) in [4.78, 5) is 5.15. The van der Waals surface area contributed by atoms with E-state index in [9.17, 15) is 5.11 Å². The van der Waals surface area contributed by atoms with Crippen LogP contribution in [-0.4, -0.2) is 53.7 Å². The van der Waals surface area contributed by atoms with Gasteiger partial charge in [-0.3, -0.25) is 4.90 Å². The van der Waals surface area contributed by atoms with Gasteiger partial charge in [-0.15, -0.1) is 0 Å². The zero-order valence-electron chi connectivity index (χ0n) is 13.3. The first-order valence-corrected chi connectivity index (χ1v) is 8.32. The minimum Gasteiger partial charge on any atom is -0.388 e. The molecular formula is C18H28N2O. The summed E-state index contributed by atoms with van der Waals surface area (Å²) in [6.45, 7) is 5.51. The lowest BCUT2D eigenvalue weighted by Gasteiger charge is -2.30. The molecule has 0 radical (unpaired) electrons. The standard InChI is InChI=1S/C18H28N2O/c1-14(18(21)15-6-4-3-5-7-15)12-20-11-10-16-8-9-17(13-20)19(16)2/h3-7,14,16-18,21H,8-13H2,1-2H3. The van der Waals surface area contributed by atoms with Gasteiger partial charge >= 0.3 is 0 Å². The fourth-order valence-corrected chi connectivity index (χ4v) is 4.03. The fourth-order valence-electron chi connectivity index (χ4n) is 4.03. The number of aliphatic hydroxyl groups excluding tert-OH is 1. The number of hydrogen-bond donors (Lipinski definition) is 1. The van der Waals surface area contributed by atoms with Crippen LogP contribution in [0.15, 0.2) is 30.3 Å². The van der Waals surface area contributed by atoms with E-state index in [-0.39, 0.29) is 12.0 Å². The number of nitrogens with zero attached hydrogens (tertiary/aromatic N) is 2. The maximum absolute atomic E-state index is 10.5. The van der Waals surface area contributed by atoms with E-state index in [1.54, 1.807) is 0 Å². The van der Waals surface area contributed by atoms with Crippen LogP contribution in [0.1, 0.15) is 37.9 Å². The van der Waals surface area contributed by atoms with Crippen LogP contribution in [0.3, 0.4) is 0 Å². The van der Waals surface area contributed by atoms with Crippen LogP contribution in [0, 0.1) is 5.92 Å². The van der Waals surface area contributed by atoms with Crippen molar-refractivity contribution < 1.29 is 5.11 Å². The van der Waals surface area contributed by atoms with E-state index >= 15 is 0 Å². The normalized spacial score (nSPS) is 30.0. The molecule has 2 bridgehead atoms. The van der Waals surface area contributed by atoms with Crippen molar-refractivity contribution in [1.82, 2.24) is 9.80 Å². The third-order valence-corrected chi connectivity index (χ3v) is 5.46. The van der Waals surface area contributed by atoms with Gasteiger partial charge in [-0.25, -0.2) is 0 Å². The highest BCUT2D eigenvalue weighted by molar-refractivity contribution is 5.17. The molecule has 2 heterocycles. The van der Waals surface area contributed by atoms with Gasteiger partial charge in [0.2, 0.25) is 0 Å². The molecule has 4 atom stereocenters. The molecule has 21 heavy (non-hydrogen) atoms. The smallest absolute Gasteiger partial charge is 0.0827 e. The van der Waals surface area contributed by atoms with Crippen molar-refractivity contribution in [2.24, 2.45) is 5.92 Å². The molecule has 0 aliphatic carbocycles. The van der Waals surface area contributed by atoms with E-state index in [2.05, 4.69) is 23.8 Å². The average Bonchev–Trinajstić information content (AvgIpc) is 2.75. The Bertz CT molecular complexity index is 450. The summed E-state index contributed by atoms with van der Waals surface area (Å²) in [6, 6.07) is 11.6. The maximum atomic E-state index is 10.5. The Morgan fingerprint density at radius 1 is 1.14 bits per heavy atom. The van der Waals surface area contributed by atoms with Gasteiger partial charge in [0.15, 0.2) is 0 Å². The van der Waals surface area contributed by atoms with Gasteiger partial charge in [-0.2, -0.15) is 0 Å². The van der Waals surface area contributed by atoms with E-state index in [1.807, 2.05) is 30.3 Å². The van der Waals surface area contributed by atoms with Gasteiger partial charge in [0.1, 0.15) is 0 Å². The van der Waals surface area contributed by atoms with Crippen LogP contribution in [0.2, 0.25) is 0 Å². The largest absolute Gasteiger partial charge is 0.388 e. The first-order valence-electron chi connectivity index (χ1n) is 8.32. The second kappa shape index (κ2) is 6.47. The lowest BCUT2D eigenvalue weighted by atomic mass is 9.96. The molecule has 1 N–H and O–H groups in total. The Morgan fingerprint density at radius 2 is 1.86 bits per heavy atom. The minimum atomic E-state index is -0.357. The lowest BCUT2D eigenvalue weighted by molar-refractivity contribution is 0.0850. The summed E-state index contributed by atoms with van der Waals surface area (Å²) in [7, 11) is 2.29. The van der Waals surface area contributed by atoms with Crippen molar-refractivity contribution in [2.45, 2.75) is 44.4 Å². The first kappa shape index (κ1) is 15.0. The third kappa shape index (κ3) is 3.31. The van der Waals surface area contributed by atoms with Gasteiger partial charge in [-0.05, 0) is 44.3 Å². The number of likely N-dealkylation sites (tertiary alicyclic amines) is 1. The molecule has 0 saturated carbocycles. The zero-order valence-corrected chi connectivity index (χ0v) is 13.3. The average molecular weight is 288 g/mol. The highest BCUT2D eigenvalue weighted by Crippen LogP contribution is 2.30. The number of likely N-dealkylation sites (N-methyl/N-ethyl adjacent to an activating group) is 1. The van der Waals surface area contributed by atoms with Crippen LogP contribution in [0.25, 0.3) is 0 Å². The van der Waals surface area contributed by atoms with Crippen molar-refractivity contribution in [3.05, 3.63) is 35.9 Å². The van der Waals surface area contributed by atoms with Crippen LogP contribution >= 0.6 is 0 Å². The zero-order chi connectivity index (χ0) is 14.8. The van der Waals surface area contributed by atoms with Gasteiger partial charge in [0.05, 0.1) is 6.10 Å². The number of aliphatic hydroxyl groups is 1. The van der Waals surface area contributed by atoms with Gasteiger partial charge in [0, 0.05) is 25.2 Å². The minimum absolute atomic E-state index is 0.273. The van der Waals surface area contributed by atoms with Crippen molar-refractivity contribution in [2.75, 3.05) is 26.7 Å². The van der Waals surface area contributed by atoms with E-state index in [4.69, 9.17) is 0 Å². The highest BCUT2D eigenvalue weighted by Gasteiger charge is 2.35. The van der Waals surface area contributed by atoms with E-state index in [1.165, 1.54) is 32.4 Å². The first-order chi connectivity index (χ1) is 10.1. The Hall–Kier alpha value is -0.900. The Kier molecular flexibility index (Phi) is 4.63. The molecular weight excluding hydrogens is 260 g/mol. The van der Waals surface area contributed by atoms with Crippen molar-refractivity contribution >= 4 is 0 Å². The number of benzene rings is 1. The van der Waals surface area contributed by atoms with Crippen LogP contribution < -0.4 is 0 Å². The molecule has 1 aromatic carbocycles. The maximum Gasteiger partial charge on any atom is 0.0827 e. The molecule has 2 aliphatic rings. The molecule has 0 amide bonds. The summed E-state index contributed by atoms with van der Waals surface area (Å²) in [5.74, 6) is 0.273. The van der Waals surface area contributed by atoms with Crippen LogP contribution in [-0.2, 0) is 0 Å². The van der Waals surface area contributed by atoms with Crippen molar-refractivity contribution in [1.29, 1.82) is 0 Å². The van der Waals surface area contributed by atoms with E-state index in [0.717, 1.165) is 24.2 Å². The number of fused-ring (bicyclic) bond motifs is 2. The Morgan fingerprint density at radius 3 is 2.62 bits per heavy atom. The van der Waals surface area contributed by atoms with Crippen LogP contribution in [0.4, 0.5) is 0 Å². The molecule has 2 saturated heterocycles. The summed E-state index contributed by atoms with van der Waals surface area (Å²) >= 11 is 0. The fraction of sp³-hybridized carbons (Fsp3) is 0.667. The molecule has 3 nitrogen and oxygen atoms in total.